The summed E-state index contributed by atoms with van der Waals surface area (Å²) < 4.78 is 40.2. The van der Waals surface area contributed by atoms with Crippen molar-refractivity contribution in [2.75, 3.05) is 5.32 Å². The van der Waals surface area contributed by atoms with Gasteiger partial charge in [0.15, 0.2) is 5.82 Å². The van der Waals surface area contributed by atoms with E-state index in [0.717, 1.165) is 12.1 Å². The van der Waals surface area contributed by atoms with E-state index < -0.39 is 12.1 Å². The van der Waals surface area contributed by atoms with Gasteiger partial charge in [0, 0.05) is 24.7 Å². The molecule has 0 aromatic carbocycles. The minimum atomic E-state index is -4.17. The van der Waals surface area contributed by atoms with Crippen LogP contribution in [0.15, 0.2) is 12.4 Å². The van der Waals surface area contributed by atoms with Crippen LogP contribution in [0.3, 0.4) is 0 Å². The maximum Gasteiger partial charge on any atom is 0.392 e. The van der Waals surface area contributed by atoms with Crippen molar-refractivity contribution in [3.63, 3.8) is 0 Å². The van der Waals surface area contributed by atoms with Gasteiger partial charge in [-0.05, 0) is 12.8 Å². The molecule has 2 aromatic rings. The van der Waals surface area contributed by atoms with Gasteiger partial charge < -0.3 is 9.88 Å². The Hall–Kier alpha value is -2.19. The first kappa shape index (κ1) is 15.7. The van der Waals surface area contributed by atoms with E-state index in [1.807, 2.05) is 13.0 Å². The maximum atomic E-state index is 12.8. The maximum absolute atomic E-state index is 12.8. The fourth-order valence-corrected chi connectivity index (χ4v) is 2.66. The van der Waals surface area contributed by atoms with Crippen molar-refractivity contribution in [1.82, 2.24) is 24.7 Å². The summed E-state index contributed by atoms with van der Waals surface area (Å²) >= 11 is 0. The second kappa shape index (κ2) is 6.13. The standard InChI is InChI=1S/C14H17F3N6/c1-2-10-6-11(20-8-19-10)18-7-13-22-21-12-5-9(14(15,16)17)3-4-23(12)13/h6,8-9H,2-5,7H2,1H3,(H,18,19,20). The lowest BCUT2D eigenvalue weighted by atomic mass is 9.97. The van der Waals surface area contributed by atoms with Crippen molar-refractivity contribution in [1.29, 1.82) is 0 Å². The number of aromatic nitrogens is 5. The molecular weight excluding hydrogens is 309 g/mol. The van der Waals surface area contributed by atoms with Crippen molar-refractivity contribution in [2.24, 2.45) is 5.92 Å². The minimum Gasteiger partial charge on any atom is -0.363 e. The molecule has 1 aliphatic rings. The average molecular weight is 326 g/mol. The van der Waals surface area contributed by atoms with Crippen LogP contribution in [0.25, 0.3) is 0 Å². The Bertz CT molecular complexity index is 681. The minimum absolute atomic E-state index is 0.0645. The van der Waals surface area contributed by atoms with Crippen molar-refractivity contribution >= 4 is 5.82 Å². The number of nitrogens with one attached hydrogen (secondary N) is 1. The lowest BCUT2D eigenvalue weighted by Gasteiger charge is -2.25. The van der Waals surface area contributed by atoms with Crippen molar-refractivity contribution < 1.29 is 13.2 Å². The van der Waals surface area contributed by atoms with E-state index in [0.29, 0.717) is 24.0 Å². The van der Waals surface area contributed by atoms with E-state index in [4.69, 9.17) is 0 Å². The second-order valence-electron chi connectivity index (χ2n) is 5.52. The Morgan fingerprint density at radius 1 is 1.30 bits per heavy atom. The predicted octanol–water partition coefficient (Wildman–Crippen LogP) is 2.37. The third-order valence-electron chi connectivity index (χ3n) is 4.01. The molecule has 0 fully saturated rings. The van der Waals surface area contributed by atoms with Gasteiger partial charge in [0.05, 0.1) is 12.5 Å². The first-order chi connectivity index (χ1) is 11.0. The molecule has 2 aromatic heterocycles. The molecular formula is C14H17F3N6. The molecule has 0 bridgehead atoms. The van der Waals surface area contributed by atoms with Crippen LogP contribution in [0.1, 0.15) is 30.7 Å². The zero-order valence-corrected chi connectivity index (χ0v) is 12.6. The van der Waals surface area contributed by atoms with Gasteiger partial charge in [0.1, 0.15) is 18.0 Å². The molecule has 0 saturated carbocycles. The van der Waals surface area contributed by atoms with Crippen LogP contribution < -0.4 is 5.32 Å². The number of fused-ring (bicyclic) bond motifs is 1. The van der Waals surface area contributed by atoms with E-state index in [1.54, 1.807) is 4.57 Å². The summed E-state index contributed by atoms with van der Waals surface area (Å²) in [7, 11) is 0. The largest absolute Gasteiger partial charge is 0.392 e. The fourth-order valence-electron chi connectivity index (χ4n) is 2.66. The molecule has 0 radical (unpaired) electrons. The Morgan fingerprint density at radius 2 is 2.13 bits per heavy atom. The molecule has 0 aliphatic carbocycles. The molecule has 1 aliphatic heterocycles. The van der Waals surface area contributed by atoms with Crippen LogP contribution >= 0.6 is 0 Å². The van der Waals surface area contributed by atoms with Gasteiger partial charge in [0.2, 0.25) is 0 Å². The lowest BCUT2D eigenvalue weighted by Crippen LogP contribution is -2.31. The summed E-state index contributed by atoms with van der Waals surface area (Å²) in [5, 5.41) is 11.0. The summed E-state index contributed by atoms with van der Waals surface area (Å²) in [5.74, 6) is 0.358. The summed E-state index contributed by atoms with van der Waals surface area (Å²) in [5.41, 5.74) is 0.916. The number of hydrogen-bond donors (Lipinski definition) is 1. The molecule has 0 amide bonds. The van der Waals surface area contributed by atoms with Gasteiger partial charge in [-0.1, -0.05) is 6.92 Å². The summed E-state index contributed by atoms with van der Waals surface area (Å²) in [6.45, 7) is 2.65. The number of aryl methyl sites for hydroxylation is 1. The first-order valence-electron chi connectivity index (χ1n) is 7.50. The SMILES string of the molecule is CCc1cc(NCc2nnc3n2CCC(C(F)(F)F)C3)ncn1. The van der Waals surface area contributed by atoms with Gasteiger partial charge in [-0.3, -0.25) is 0 Å². The zero-order valence-electron chi connectivity index (χ0n) is 12.6. The van der Waals surface area contributed by atoms with Crippen molar-refractivity contribution in [3.05, 3.63) is 29.7 Å². The topological polar surface area (TPSA) is 68.5 Å². The molecule has 124 valence electrons. The van der Waals surface area contributed by atoms with Gasteiger partial charge in [-0.25, -0.2) is 9.97 Å². The van der Waals surface area contributed by atoms with Crippen LogP contribution in [0.4, 0.5) is 19.0 Å². The number of rotatable bonds is 4. The van der Waals surface area contributed by atoms with E-state index in [1.165, 1.54) is 6.33 Å². The molecule has 0 spiro atoms. The molecule has 1 unspecified atom stereocenters. The molecule has 3 rings (SSSR count). The Morgan fingerprint density at radius 3 is 2.87 bits per heavy atom. The van der Waals surface area contributed by atoms with Crippen LogP contribution in [0.2, 0.25) is 0 Å². The first-order valence-corrected chi connectivity index (χ1v) is 7.50. The number of nitrogens with zero attached hydrogens (tertiary/aromatic N) is 5. The molecule has 23 heavy (non-hydrogen) atoms. The van der Waals surface area contributed by atoms with E-state index in [2.05, 4.69) is 25.5 Å². The number of halogens is 3. The molecule has 3 heterocycles. The van der Waals surface area contributed by atoms with Crippen LogP contribution in [-0.2, 0) is 25.9 Å². The smallest absolute Gasteiger partial charge is 0.363 e. The van der Waals surface area contributed by atoms with Crippen molar-refractivity contribution in [3.8, 4) is 0 Å². The van der Waals surface area contributed by atoms with Crippen LogP contribution in [-0.4, -0.2) is 30.9 Å². The van der Waals surface area contributed by atoms with E-state index >= 15 is 0 Å². The zero-order chi connectivity index (χ0) is 16.4. The van der Waals surface area contributed by atoms with Gasteiger partial charge in [0.25, 0.3) is 0 Å². The highest BCUT2D eigenvalue weighted by Crippen LogP contribution is 2.34. The molecule has 9 heteroatoms. The number of anilines is 1. The highest BCUT2D eigenvalue weighted by molar-refractivity contribution is 5.34. The number of alkyl halides is 3. The van der Waals surface area contributed by atoms with Crippen molar-refractivity contribution in [2.45, 2.75) is 45.5 Å². The van der Waals surface area contributed by atoms with Crippen LogP contribution in [0.5, 0.6) is 0 Å². The Labute approximate surface area is 131 Å². The normalized spacial score (nSPS) is 17.8. The molecule has 0 saturated heterocycles. The highest BCUT2D eigenvalue weighted by atomic mass is 19.4. The lowest BCUT2D eigenvalue weighted by molar-refractivity contribution is -0.179. The van der Waals surface area contributed by atoms with Gasteiger partial charge >= 0.3 is 6.18 Å². The molecule has 1 atom stereocenters. The number of hydrogen-bond acceptors (Lipinski definition) is 5. The summed E-state index contributed by atoms with van der Waals surface area (Å²) in [4.78, 5) is 8.23. The summed E-state index contributed by atoms with van der Waals surface area (Å²) in [6.07, 6.45) is -1.93. The van der Waals surface area contributed by atoms with Crippen LogP contribution in [0, 0.1) is 5.92 Å². The third kappa shape index (κ3) is 3.43. The highest BCUT2D eigenvalue weighted by Gasteiger charge is 2.42. The summed E-state index contributed by atoms with van der Waals surface area (Å²) in [6, 6.07) is 1.84. The molecule has 6 nitrogen and oxygen atoms in total. The van der Waals surface area contributed by atoms with E-state index in [-0.39, 0.29) is 19.4 Å². The Kier molecular flexibility index (Phi) is 4.18. The molecule has 1 N–H and O–H groups in total. The quantitative estimate of drug-likeness (QED) is 0.934. The Balaban J connectivity index is 1.68. The third-order valence-corrected chi connectivity index (χ3v) is 4.01. The fraction of sp³-hybridized carbons (Fsp3) is 0.571. The predicted molar refractivity (Wildman–Crippen MR) is 76.6 cm³/mol. The van der Waals surface area contributed by atoms with Gasteiger partial charge in [-0.15, -0.1) is 10.2 Å². The van der Waals surface area contributed by atoms with E-state index in [9.17, 15) is 13.2 Å². The monoisotopic (exact) mass is 326 g/mol. The second-order valence-corrected chi connectivity index (χ2v) is 5.52. The average Bonchev–Trinajstić information content (AvgIpc) is 2.94. The van der Waals surface area contributed by atoms with Gasteiger partial charge in [-0.2, -0.15) is 13.2 Å².